The van der Waals surface area contributed by atoms with Gasteiger partial charge in [0.15, 0.2) is 0 Å². The molecule has 0 aliphatic carbocycles. The minimum absolute atomic E-state index is 0.984. The van der Waals surface area contributed by atoms with Crippen molar-refractivity contribution in [3.05, 3.63) is 24.5 Å². The predicted molar refractivity (Wildman–Crippen MR) is 62.7 cm³/mol. The molecule has 1 aliphatic rings. The van der Waals surface area contributed by atoms with E-state index in [1.165, 1.54) is 5.71 Å². The maximum Gasteiger partial charge on any atom is 0.0812 e. The van der Waals surface area contributed by atoms with E-state index in [1.54, 1.807) is 6.20 Å². The Kier molecular flexibility index (Phi) is 3.45. The molecule has 3 heteroatoms. The first-order valence-electron chi connectivity index (χ1n) is 5.57. The molecule has 0 aromatic carbocycles. The Morgan fingerprint density at radius 2 is 2.20 bits per heavy atom. The number of piperidine rings is 1. The fraction of sp³-hybridized carbons (Fsp3) is 0.500. The molecule has 0 radical (unpaired) electrons. The van der Waals surface area contributed by atoms with Gasteiger partial charge in [0.1, 0.15) is 0 Å². The number of rotatable bonds is 2. The average molecular weight is 203 g/mol. The molecule has 3 nitrogen and oxygen atoms in total. The van der Waals surface area contributed by atoms with Gasteiger partial charge >= 0.3 is 0 Å². The van der Waals surface area contributed by atoms with Crippen molar-refractivity contribution in [1.29, 1.82) is 0 Å². The number of pyridine rings is 1. The molecule has 0 saturated carbocycles. The van der Waals surface area contributed by atoms with Crippen LogP contribution in [0.1, 0.15) is 19.8 Å². The van der Waals surface area contributed by atoms with Crippen LogP contribution in [-0.4, -0.2) is 35.2 Å². The minimum atomic E-state index is 0.984. The van der Waals surface area contributed by atoms with E-state index in [4.69, 9.17) is 0 Å². The molecule has 15 heavy (non-hydrogen) atoms. The largest absolute Gasteiger partial charge is 0.303 e. The van der Waals surface area contributed by atoms with Gasteiger partial charge in [-0.1, -0.05) is 6.92 Å². The third-order valence-electron chi connectivity index (χ3n) is 2.81. The van der Waals surface area contributed by atoms with Crippen molar-refractivity contribution in [2.75, 3.05) is 19.6 Å². The molecule has 2 heterocycles. The standard InChI is InChI=1S/C12H17N3/c1-2-15-8-5-11(6-9-15)14-12-4-3-7-13-10-12/h3-4,7,10H,2,5-6,8-9H2,1H3. The highest BCUT2D eigenvalue weighted by atomic mass is 15.1. The van der Waals surface area contributed by atoms with E-state index in [1.807, 2.05) is 18.3 Å². The van der Waals surface area contributed by atoms with Gasteiger partial charge in [-0.3, -0.25) is 9.98 Å². The molecule has 0 spiro atoms. The summed E-state index contributed by atoms with van der Waals surface area (Å²) in [5, 5.41) is 0. The van der Waals surface area contributed by atoms with Gasteiger partial charge in [-0.2, -0.15) is 0 Å². The van der Waals surface area contributed by atoms with Gasteiger partial charge in [0.2, 0.25) is 0 Å². The summed E-state index contributed by atoms with van der Waals surface area (Å²) >= 11 is 0. The van der Waals surface area contributed by atoms with Crippen molar-refractivity contribution in [3.8, 4) is 0 Å². The minimum Gasteiger partial charge on any atom is -0.303 e. The summed E-state index contributed by atoms with van der Waals surface area (Å²) in [5.41, 5.74) is 2.30. The normalized spacial score (nSPS) is 17.8. The number of nitrogens with zero attached hydrogens (tertiary/aromatic N) is 3. The fourth-order valence-electron chi connectivity index (χ4n) is 1.84. The van der Waals surface area contributed by atoms with E-state index in [2.05, 4.69) is 21.8 Å². The second-order valence-corrected chi connectivity index (χ2v) is 3.82. The molecular formula is C12H17N3. The van der Waals surface area contributed by atoms with Crippen molar-refractivity contribution in [1.82, 2.24) is 9.88 Å². The second-order valence-electron chi connectivity index (χ2n) is 3.82. The molecule has 0 unspecified atom stereocenters. The van der Waals surface area contributed by atoms with Crippen molar-refractivity contribution in [2.45, 2.75) is 19.8 Å². The lowest BCUT2D eigenvalue weighted by atomic mass is 10.1. The lowest BCUT2D eigenvalue weighted by Gasteiger charge is -2.25. The van der Waals surface area contributed by atoms with E-state index in [0.717, 1.165) is 38.2 Å². The zero-order chi connectivity index (χ0) is 10.5. The smallest absolute Gasteiger partial charge is 0.0812 e. The zero-order valence-corrected chi connectivity index (χ0v) is 9.19. The van der Waals surface area contributed by atoms with Crippen LogP contribution in [0.15, 0.2) is 29.5 Å². The third-order valence-corrected chi connectivity index (χ3v) is 2.81. The van der Waals surface area contributed by atoms with Gasteiger partial charge in [0.05, 0.1) is 11.9 Å². The maximum absolute atomic E-state index is 4.61. The Labute approximate surface area is 90.9 Å². The molecule has 0 N–H and O–H groups in total. The van der Waals surface area contributed by atoms with E-state index in [9.17, 15) is 0 Å². The van der Waals surface area contributed by atoms with Crippen LogP contribution in [0, 0.1) is 0 Å². The van der Waals surface area contributed by atoms with Crippen LogP contribution >= 0.6 is 0 Å². The third kappa shape index (κ3) is 2.86. The zero-order valence-electron chi connectivity index (χ0n) is 9.19. The number of hydrogen-bond acceptors (Lipinski definition) is 3. The van der Waals surface area contributed by atoms with Crippen molar-refractivity contribution in [3.63, 3.8) is 0 Å². The second kappa shape index (κ2) is 5.03. The van der Waals surface area contributed by atoms with Crippen LogP contribution in [0.25, 0.3) is 0 Å². The van der Waals surface area contributed by atoms with Crippen molar-refractivity contribution >= 4 is 11.4 Å². The lowest BCUT2D eigenvalue weighted by Crippen LogP contribution is -2.33. The highest BCUT2D eigenvalue weighted by Gasteiger charge is 2.12. The molecule has 1 aliphatic heterocycles. The first kappa shape index (κ1) is 10.3. The molecule has 1 aromatic heterocycles. The Morgan fingerprint density at radius 1 is 1.40 bits per heavy atom. The van der Waals surface area contributed by atoms with Gasteiger partial charge in [0, 0.05) is 25.0 Å². The predicted octanol–water partition coefficient (Wildman–Crippen LogP) is 2.27. The highest BCUT2D eigenvalue weighted by molar-refractivity contribution is 5.87. The lowest BCUT2D eigenvalue weighted by molar-refractivity contribution is 0.289. The molecule has 2 rings (SSSR count). The summed E-state index contributed by atoms with van der Waals surface area (Å²) in [6.45, 7) is 5.66. The van der Waals surface area contributed by atoms with Crippen LogP contribution in [-0.2, 0) is 0 Å². The maximum atomic E-state index is 4.61. The van der Waals surface area contributed by atoms with E-state index in [-0.39, 0.29) is 0 Å². The molecule has 80 valence electrons. The van der Waals surface area contributed by atoms with Crippen LogP contribution in [0.2, 0.25) is 0 Å². The molecule has 1 fully saturated rings. The Bertz CT molecular complexity index is 322. The quantitative estimate of drug-likeness (QED) is 0.737. The van der Waals surface area contributed by atoms with Gasteiger partial charge in [-0.15, -0.1) is 0 Å². The number of aliphatic imine (C=N–C) groups is 1. The van der Waals surface area contributed by atoms with E-state index in [0.29, 0.717) is 0 Å². The summed E-state index contributed by atoms with van der Waals surface area (Å²) in [6.07, 6.45) is 5.80. The van der Waals surface area contributed by atoms with Crippen LogP contribution in [0.3, 0.4) is 0 Å². The number of aromatic nitrogens is 1. The van der Waals surface area contributed by atoms with Crippen molar-refractivity contribution in [2.24, 2.45) is 4.99 Å². The summed E-state index contributed by atoms with van der Waals surface area (Å²) in [4.78, 5) is 11.1. The monoisotopic (exact) mass is 203 g/mol. The Hall–Kier alpha value is -1.22. The van der Waals surface area contributed by atoms with Crippen LogP contribution in [0.4, 0.5) is 5.69 Å². The summed E-state index contributed by atoms with van der Waals surface area (Å²) in [5.74, 6) is 0. The van der Waals surface area contributed by atoms with E-state index >= 15 is 0 Å². The van der Waals surface area contributed by atoms with Crippen LogP contribution < -0.4 is 0 Å². The highest BCUT2D eigenvalue weighted by Crippen LogP contribution is 2.14. The first-order valence-corrected chi connectivity index (χ1v) is 5.57. The summed E-state index contributed by atoms with van der Waals surface area (Å²) in [7, 11) is 0. The Balaban J connectivity index is 1.98. The molecular weight excluding hydrogens is 186 g/mol. The number of likely N-dealkylation sites (tertiary alicyclic amines) is 1. The Morgan fingerprint density at radius 3 is 2.80 bits per heavy atom. The first-order chi connectivity index (χ1) is 7.38. The van der Waals surface area contributed by atoms with Gasteiger partial charge in [-0.05, 0) is 31.5 Å². The summed E-state index contributed by atoms with van der Waals surface area (Å²) in [6, 6.07) is 3.94. The topological polar surface area (TPSA) is 28.5 Å². The van der Waals surface area contributed by atoms with Gasteiger partial charge in [-0.25, -0.2) is 0 Å². The number of hydrogen-bond donors (Lipinski definition) is 0. The SMILES string of the molecule is CCN1CCC(=Nc2cccnc2)CC1. The molecule has 0 amide bonds. The molecule has 0 bridgehead atoms. The van der Waals surface area contributed by atoms with E-state index < -0.39 is 0 Å². The van der Waals surface area contributed by atoms with Gasteiger partial charge < -0.3 is 4.90 Å². The van der Waals surface area contributed by atoms with Gasteiger partial charge in [0.25, 0.3) is 0 Å². The fourth-order valence-corrected chi connectivity index (χ4v) is 1.84. The molecule has 1 saturated heterocycles. The molecule has 0 atom stereocenters. The molecule has 1 aromatic rings. The average Bonchev–Trinajstić information content (AvgIpc) is 2.31. The van der Waals surface area contributed by atoms with Crippen LogP contribution in [0.5, 0.6) is 0 Å². The summed E-state index contributed by atoms with van der Waals surface area (Å²) < 4.78 is 0. The van der Waals surface area contributed by atoms with Crippen molar-refractivity contribution < 1.29 is 0 Å².